The minimum absolute atomic E-state index is 0.512. The molecule has 0 unspecified atom stereocenters. The van der Waals surface area contributed by atoms with Crippen LogP contribution in [0.25, 0.3) is 256 Å². The van der Waals surface area contributed by atoms with Crippen LogP contribution in [0.5, 0.6) is 0 Å². The van der Waals surface area contributed by atoms with E-state index in [0.29, 0.717) is 52.4 Å². The summed E-state index contributed by atoms with van der Waals surface area (Å²) in [6.07, 6.45) is 0. The molecule has 0 N–H and O–H groups in total. The summed E-state index contributed by atoms with van der Waals surface area (Å²) in [7, 11) is 0. The van der Waals surface area contributed by atoms with E-state index in [1.807, 2.05) is 78.9 Å². The van der Waals surface area contributed by atoms with E-state index in [-0.39, 0.29) is 0 Å². The minimum Gasteiger partial charge on any atom is -0.456 e. The van der Waals surface area contributed by atoms with Crippen LogP contribution in [0.4, 0.5) is 0 Å². The monoisotopic (exact) mass is 1570 g/mol. The van der Waals surface area contributed by atoms with Gasteiger partial charge in [0.05, 0.1) is 0 Å². The quantitative estimate of drug-likeness (QED) is 0.102. The normalized spacial score (nSPS) is 11.7. The van der Waals surface area contributed by atoms with E-state index in [4.69, 9.17) is 58.1 Å². The molecule has 0 aliphatic rings. The molecule has 0 saturated heterocycles. The van der Waals surface area contributed by atoms with Crippen molar-refractivity contribution in [2.45, 2.75) is 0 Å². The van der Waals surface area contributed by atoms with Crippen molar-refractivity contribution in [3.05, 3.63) is 394 Å². The number of para-hydroxylation sites is 3. The number of nitrogens with zero attached hydrogens (tertiary/aromatic N) is 9. The van der Waals surface area contributed by atoms with Gasteiger partial charge in [0.15, 0.2) is 52.4 Å². The average molecular weight is 1570 g/mol. The third-order valence-electron chi connectivity index (χ3n) is 23.6. The van der Waals surface area contributed by atoms with Gasteiger partial charge in [0.2, 0.25) is 0 Å². The van der Waals surface area contributed by atoms with Crippen molar-refractivity contribution in [2.75, 3.05) is 0 Å². The molecule has 0 amide bonds. The Morgan fingerprint density at radius 1 is 0.130 bits per heavy atom. The number of aromatic nitrogens is 9. The molecule has 0 atom stereocenters. The lowest BCUT2D eigenvalue weighted by atomic mass is 9.94. The Morgan fingerprint density at radius 2 is 0.439 bits per heavy atom. The first-order chi connectivity index (χ1) is 60.8. The Kier molecular flexibility index (Phi) is 16.6. The smallest absolute Gasteiger partial charge is 0.164 e. The van der Waals surface area contributed by atoms with E-state index >= 15 is 0 Å². The molecule has 12 nitrogen and oxygen atoms in total. The van der Waals surface area contributed by atoms with E-state index in [0.717, 1.165) is 204 Å². The molecular weight excluding hydrogens is 1510 g/mol. The Hall–Kier alpha value is -16.8. The fraction of sp³-hybridized carbons (Fsp3) is 0. The van der Waals surface area contributed by atoms with Crippen LogP contribution in [-0.4, -0.2) is 44.9 Å². The number of hydrogen-bond acceptors (Lipinski definition) is 12. The van der Waals surface area contributed by atoms with Crippen LogP contribution in [0.2, 0.25) is 0 Å². The lowest BCUT2D eigenvalue weighted by Gasteiger charge is -2.14. The largest absolute Gasteiger partial charge is 0.456 e. The number of benzene rings is 18. The second kappa shape index (κ2) is 29.1. The Balaban J connectivity index is 0.594. The maximum absolute atomic E-state index is 6.31. The highest BCUT2D eigenvalue weighted by atomic mass is 16.3. The molecule has 0 saturated carbocycles. The van der Waals surface area contributed by atoms with E-state index in [1.54, 1.807) is 0 Å². The molecular formula is C111H65N9O3. The lowest BCUT2D eigenvalue weighted by Crippen LogP contribution is -2.01. The first kappa shape index (κ1) is 70.4. The number of hydrogen-bond donors (Lipinski definition) is 0. The van der Waals surface area contributed by atoms with Gasteiger partial charge in [-0.2, -0.15) is 0 Å². The van der Waals surface area contributed by atoms with Crippen LogP contribution in [0.1, 0.15) is 0 Å². The molecule has 0 aliphatic heterocycles. The van der Waals surface area contributed by atoms with Crippen LogP contribution in [0.15, 0.2) is 408 Å². The number of fused-ring (bicyclic) bond motifs is 12. The van der Waals surface area contributed by atoms with Gasteiger partial charge in [0, 0.05) is 82.4 Å². The highest BCUT2D eigenvalue weighted by molar-refractivity contribution is 6.13. The average Bonchev–Trinajstić information content (AvgIpc) is 1.75. The van der Waals surface area contributed by atoms with Crippen molar-refractivity contribution in [3.63, 3.8) is 0 Å². The van der Waals surface area contributed by atoms with E-state index < -0.39 is 0 Å². The third-order valence-corrected chi connectivity index (χ3v) is 23.6. The van der Waals surface area contributed by atoms with Crippen molar-refractivity contribution in [3.8, 4) is 158 Å². The van der Waals surface area contributed by atoms with Crippen molar-refractivity contribution in [2.24, 2.45) is 0 Å². The summed E-state index contributed by atoms with van der Waals surface area (Å²) >= 11 is 0. The van der Waals surface area contributed by atoms with Crippen LogP contribution in [0.3, 0.4) is 0 Å². The van der Waals surface area contributed by atoms with Crippen molar-refractivity contribution in [1.82, 2.24) is 44.9 Å². The molecule has 0 radical (unpaired) electrons. The van der Waals surface area contributed by atoms with Gasteiger partial charge < -0.3 is 13.3 Å². The van der Waals surface area contributed by atoms with Crippen LogP contribution >= 0.6 is 0 Å². The van der Waals surface area contributed by atoms with Gasteiger partial charge in [-0.15, -0.1) is 0 Å². The van der Waals surface area contributed by atoms with Gasteiger partial charge in [-0.05, 0) is 179 Å². The summed E-state index contributed by atoms with van der Waals surface area (Å²) in [5.74, 6) is 4.94. The molecule has 6 aromatic heterocycles. The van der Waals surface area contributed by atoms with E-state index in [1.165, 1.54) is 0 Å². The fourth-order valence-electron chi connectivity index (χ4n) is 17.4. The molecule has 24 aromatic rings. The van der Waals surface area contributed by atoms with Crippen molar-refractivity contribution in [1.29, 1.82) is 0 Å². The minimum atomic E-state index is 0.512. The van der Waals surface area contributed by atoms with Gasteiger partial charge in [-0.25, -0.2) is 44.9 Å². The zero-order valence-corrected chi connectivity index (χ0v) is 65.8. The molecule has 0 fully saturated rings. The van der Waals surface area contributed by atoms with Gasteiger partial charge in [0.25, 0.3) is 0 Å². The molecule has 18 aromatic carbocycles. The first-order valence-corrected chi connectivity index (χ1v) is 41.0. The van der Waals surface area contributed by atoms with Crippen molar-refractivity contribution >= 4 is 98.1 Å². The molecule has 0 bridgehead atoms. The Labute approximate surface area is 704 Å². The predicted molar refractivity (Wildman–Crippen MR) is 497 cm³/mol. The van der Waals surface area contributed by atoms with Gasteiger partial charge in [-0.1, -0.05) is 303 Å². The SMILES string of the molecule is c1ccc(-c2nc(-c3ccc(-c4ccc5oc6ccccc6c5c4)cc3)nc(-c3cccc(-c4cccc(-c5nc(-c6cccc(-c7ccc8ccc(-c9nc(-c%10ccc(-c%11cccc%12oc%13ccccc%13c%11%12)cc%10)nc(-c%10ccc%11ccccc%11c%10)n9)cc8c7)c6)nc(-c6ccc(-c7ccc8oc9ccccc9c8c7)c7ccccc67)n5)c4)c3)n2)cc1. The topological polar surface area (TPSA) is 155 Å². The van der Waals surface area contributed by atoms with E-state index in [2.05, 4.69) is 315 Å². The predicted octanol–water partition coefficient (Wildman–Crippen LogP) is 28.7. The summed E-state index contributed by atoms with van der Waals surface area (Å²) < 4.78 is 18.8. The van der Waals surface area contributed by atoms with E-state index in [9.17, 15) is 0 Å². The molecule has 0 aliphatic carbocycles. The first-order valence-electron chi connectivity index (χ1n) is 41.0. The van der Waals surface area contributed by atoms with Crippen LogP contribution in [-0.2, 0) is 0 Å². The summed E-state index contributed by atoms with van der Waals surface area (Å²) in [6, 6.07) is 137. The zero-order valence-electron chi connectivity index (χ0n) is 65.8. The molecule has 6 heterocycles. The molecule has 0 spiro atoms. The molecule has 24 rings (SSSR count). The molecule has 123 heavy (non-hydrogen) atoms. The Morgan fingerprint density at radius 3 is 1.00 bits per heavy atom. The summed E-state index contributed by atoms with van der Waals surface area (Å²) in [4.78, 5) is 47.8. The highest BCUT2D eigenvalue weighted by Gasteiger charge is 2.23. The van der Waals surface area contributed by atoms with Crippen LogP contribution < -0.4 is 0 Å². The maximum Gasteiger partial charge on any atom is 0.164 e. The zero-order chi connectivity index (χ0) is 81.0. The number of rotatable bonds is 14. The lowest BCUT2D eigenvalue weighted by molar-refractivity contribution is 0.668. The third kappa shape index (κ3) is 12.8. The standard InChI is InChI=1S/C111H65N9O3/c1-2-19-70(20-3-1)103-112-104(71-45-38-67(39-46-71)78-52-56-99-94(64-78)90-30-8-11-34-96(90)121-99)114-106(113-103)80-25-14-22-74(59-80)75-23-15-26-81(60-75)107-117-108(120-111(119-107)92-55-54-86(88-28-6-7-29-89(88)92)79-53-57-100-95(65-79)91-31-9-12-35-97(91)122-100)82-27-16-24-76(61-82)77-49-40-68-42-51-84(63-85(68)62-77)110-116-105(115-109(118-110)83-50-41-66-18-4-5-21-73(66)58-83)72-47-43-69(44-48-72)87-33-17-37-101-102(87)93-32-10-13-36-98(93)123-101/h1-65H. The maximum atomic E-state index is 6.31. The second-order valence-electron chi connectivity index (χ2n) is 31.1. The van der Waals surface area contributed by atoms with Gasteiger partial charge >= 0.3 is 0 Å². The molecule has 12 heteroatoms. The highest BCUT2D eigenvalue weighted by Crippen LogP contribution is 2.44. The van der Waals surface area contributed by atoms with Crippen molar-refractivity contribution < 1.29 is 13.3 Å². The number of furan rings is 3. The van der Waals surface area contributed by atoms with Gasteiger partial charge in [0.1, 0.15) is 33.5 Å². The Bertz CT molecular complexity index is 8400. The van der Waals surface area contributed by atoms with Gasteiger partial charge in [-0.3, -0.25) is 0 Å². The fourth-order valence-corrected chi connectivity index (χ4v) is 17.4. The summed E-state index contributed by atoms with van der Waals surface area (Å²) in [5, 5.41) is 12.8. The second-order valence-corrected chi connectivity index (χ2v) is 31.1. The molecule has 572 valence electrons. The summed E-state index contributed by atoms with van der Waals surface area (Å²) in [5.41, 5.74) is 23.2. The summed E-state index contributed by atoms with van der Waals surface area (Å²) in [6.45, 7) is 0. The van der Waals surface area contributed by atoms with Crippen LogP contribution in [0, 0.1) is 0 Å².